The summed E-state index contributed by atoms with van der Waals surface area (Å²) < 4.78 is 22.1. The van der Waals surface area contributed by atoms with E-state index >= 15 is 0 Å². The Morgan fingerprint density at radius 2 is 1.84 bits per heavy atom. The molecule has 9 heteroatoms. The largest absolute Gasteiger partial charge is 0.296 e. The quantitative estimate of drug-likeness (QED) is 0.542. The first-order valence-corrected chi connectivity index (χ1v) is 6.65. The van der Waals surface area contributed by atoms with E-state index in [1.807, 2.05) is 0 Å². The lowest BCUT2D eigenvalue weighted by molar-refractivity contribution is -0.114. The summed E-state index contributed by atoms with van der Waals surface area (Å²) in [5.74, 6) is -0.404. The zero-order valence-corrected chi connectivity index (χ0v) is 10.5. The third-order valence-corrected chi connectivity index (χ3v) is 3.24. The summed E-state index contributed by atoms with van der Waals surface area (Å²) in [5.41, 5.74) is 8.44. The number of primary sulfonamides is 1. The van der Waals surface area contributed by atoms with Gasteiger partial charge in [0.05, 0.1) is 16.3 Å². The van der Waals surface area contributed by atoms with Gasteiger partial charge in [0.25, 0.3) is 5.91 Å². The molecule has 1 aromatic rings. The van der Waals surface area contributed by atoms with Crippen LogP contribution in [0.15, 0.2) is 46.5 Å². The number of hydrogen-bond acceptors (Lipinski definition) is 6. The summed E-state index contributed by atoms with van der Waals surface area (Å²) in [7, 11) is -3.72. The molecule has 1 amide bonds. The molecule has 1 aliphatic heterocycles. The molecule has 1 aromatic carbocycles. The van der Waals surface area contributed by atoms with Gasteiger partial charge in [-0.15, -0.1) is 0 Å². The molecule has 100 valence electrons. The third-order valence-electron chi connectivity index (χ3n) is 2.31. The van der Waals surface area contributed by atoms with E-state index in [4.69, 9.17) is 5.14 Å². The monoisotopic (exact) mass is 281 g/mol. The standard InChI is InChI=1S/C10H11N5O3S/c1-6-9(10(16)15-12-6)14-13-7-2-4-8(5-3-7)19(11,17)18/h2-5,12-13H,1H2,(H,15,16)(H2,11,17,18)/b14-9-. The molecule has 0 spiro atoms. The first-order chi connectivity index (χ1) is 8.88. The van der Waals surface area contributed by atoms with Gasteiger partial charge < -0.3 is 0 Å². The maximum Gasteiger partial charge on any atom is 0.292 e. The van der Waals surface area contributed by atoms with Crippen LogP contribution in [-0.2, 0) is 14.8 Å². The molecule has 1 heterocycles. The molecular weight excluding hydrogens is 270 g/mol. The zero-order valence-electron chi connectivity index (χ0n) is 9.67. The number of carbonyl (C=O) groups excluding carboxylic acids is 1. The van der Waals surface area contributed by atoms with Crippen molar-refractivity contribution >= 4 is 27.3 Å². The van der Waals surface area contributed by atoms with Crippen molar-refractivity contribution in [2.45, 2.75) is 4.90 Å². The number of nitrogens with two attached hydrogens (primary N) is 1. The lowest BCUT2D eigenvalue weighted by Crippen LogP contribution is -2.25. The summed E-state index contributed by atoms with van der Waals surface area (Å²) in [6, 6.07) is 5.62. The topological polar surface area (TPSA) is 126 Å². The van der Waals surface area contributed by atoms with Crippen LogP contribution in [0.1, 0.15) is 0 Å². The van der Waals surface area contributed by atoms with Crippen LogP contribution in [0.3, 0.4) is 0 Å². The summed E-state index contributed by atoms with van der Waals surface area (Å²) in [4.78, 5) is 11.3. The van der Waals surface area contributed by atoms with Gasteiger partial charge in [-0.3, -0.25) is 21.1 Å². The predicted octanol–water partition coefficient (Wildman–Crippen LogP) is -0.750. The first-order valence-electron chi connectivity index (χ1n) is 5.10. The molecule has 1 saturated heterocycles. The number of nitrogens with zero attached hydrogens (tertiary/aromatic N) is 1. The van der Waals surface area contributed by atoms with Gasteiger partial charge in [0.15, 0.2) is 5.71 Å². The average molecular weight is 281 g/mol. The van der Waals surface area contributed by atoms with Gasteiger partial charge in [-0.2, -0.15) is 5.10 Å². The second-order valence-corrected chi connectivity index (χ2v) is 5.26. The van der Waals surface area contributed by atoms with Crippen LogP contribution in [0.4, 0.5) is 5.69 Å². The molecule has 1 aliphatic rings. The molecule has 0 saturated carbocycles. The minimum Gasteiger partial charge on any atom is -0.296 e. The van der Waals surface area contributed by atoms with E-state index in [-0.39, 0.29) is 10.6 Å². The maximum atomic E-state index is 11.3. The Balaban J connectivity index is 2.15. The Bertz CT molecular complexity index is 645. The highest BCUT2D eigenvalue weighted by Gasteiger charge is 2.22. The number of benzene rings is 1. The van der Waals surface area contributed by atoms with Crippen molar-refractivity contribution in [2.24, 2.45) is 10.2 Å². The van der Waals surface area contributed by atoms with Crippen LogP contribution in [0.25, 0.3) is 0 Å². The molecule has 0 aromatic heterocycles. The van der Waals surface area contributed by atoms with E-state index in [0.29, 0.717) is 11.4 Å². The zero-order chi connectivity index (χ0) is 14.0. The number of anilines is 1. The van der Waals surface area contributed by atoms with Gasteiger partial charge in [-0.05, 0) is 24.3 Å². The highest BCUT2D eigenvalue weighted by atomic mass is 32.2. The van der Waals surface area contributed by atoms with Crippen molar-refractivity contribution in [2.75, 3.05) is 5.43 Å². The number of rotatable bonds is 3. The highest BCUT2D eigenvalue weighted by molar-refractivity contribution is 7.89. The van der Waals surface area contributed by atoms with Gasteiger partial charge in [0.1, 0.15) is 0 Å². The highest BCUT2D eigenvalue weighted by Crippen LogP contribution is 2.13. The van der Waals surface area contributed by atoms with Crippen molar-refractivity contribution in [3.63, 3.8) is 0 Å². The van der Waals surface area contributed by atoms with Gasteiger partial charge in [0.2, 0.25) is 10.0 Å². The number of hydrazine groups is 1. The van der Waals surface area contributed by atoms with Crippen molar-refractivity contribution in [3.8, 4) is 0 Å². The van der Waals surface area contributed by atoms with E-state index < -0.39 is 15.9 Å². The lowest BCUT2D eigenvalue weighted by Gasteiger charge is -2.02. The third kappa shape index (κ3) is 2.89. The fraction of sp³-hybridized carbons (Fsp3) is 0. The van der Waals surface area contributed by atoms with Crippen LogP contribution >= 0.6 is 0 Å². The SMILES string of the molecule is C=C1NNC(=O)/C1=N\Nc1ccc(S(N)(=O)=O)cc1. The summed E-state index contributed by atoms with van der Waals surface area (Å²) in [6.45, 7) is 3.58. The molecule has 5 N–H and O–H groups in total. The van der Waals surface area contributed by atoms with E-state index in [0.717, 1.165) is 0 Å². The van der Waals surface area contributed by atoms with Crippen LogP contribution in [0.5, 0.6) is 0 Å². The van der Waals surface area contributed by atoms with Crippen molar-refractivity contribution in [1.82, 2.24) is 10.9 Å². The normalized spacial score (nSPS) is 17.2. The minimum atomic E-state index is -3.72. The summed E-state index contributed by atoms with van der Waals surface area (Å²) in [6.07, 6.45) is 0. The smallest absolute Gasteiger partial charge is 0.292 e. The molecule has 2 rings (SSSR count). The van der Waals surface area contributed by atoms with Crippen molar-refractivity contribution in [1.29, 1.82) is 0 Å². The minimum absolute atomic E-state index is 0.00427. The molecule has 0 unspecified atom stereocenters. The molecule has 0 radical (unpaired) electrons. The number of hydrazone groups is 1. The second kappa shape index (κ2) is 4.71. The number of nitrogens with one attached hydrogen (secondary N) is 3. The Morgan fingerprint density at radius 3 is 2.32 bits per heavy atom. The first kappa shape index (κ1) is 13.1. The Kier molecular flexibility index (Phi) is 3.23. The van der Waals surface area contributed by atoms with E-state index in [1.165, 1.54) is 24.3 Å². The van der Waals surface area contributed by atoms with Crippen LogP contribution in [-0.4, -0.2) is 20.0 Å². The van der Waals surface area contributed by atoms with Gasteiger partial charge >= 0.3 is 0 Å². The fourth-order valence-electron chi connectivity index (χ4n) is 1.35. The van der Waals surface area contributed by atoms with Gasteiger partial charge in [0, 0.05) is 0 Å². The Morgan fingerprint density at radius 1 is 1.21 bits per heavy atom. The maximum absolute atomic E-state index is 11.3. The molecule has 8 nitrogen and oxygen atoms in total. The average Bonchev–Trinajstić information content (AvgIpc) is 2.66. The van der Waals surface area contributed by atoms with E-state index in [1.54, 1.807) is 0 Å². The number of hydrogen-bond donors (Lipinski definition) is 4. The molecular formula is C10H11N5O3S. The molecule has 1 fully saturated rings. The van der Waals surface area contributed by atoms with Crippen LogP contribution in [0, 0.1) is 0 Å². The number of amides is 1. The Hall–Kier alpha value is -2.39. The number of sulfonamides is 1. The van der Waals surface area contributed by atoms with E-state index in [9.17, 15) is 13.2 Å². The molecule has 0 bridgehead atoms. The molecule has 19 heavy (non-hydrogen) atoms. The summed E-state index contributed by atoms with van der Waals surface area (Å²) >= 11 is 0. The van der Waals surface area contributed by atoms with Crippen LogP contribution < -0.4 is 21.4 Å². The summed E-state index contributed by atoms with van der Waals surface area (Å²) in [5, 5.41) is 8.83. The lowest BCUT2D eigenvalue weighted by atomic mass is 10.3. The van der Waals surface area contributed by atoms with Gasteiger partial charge in [-0.25, -0.2) is 13.6 Å². The second-order valence-electron chi connectivity index (χ2n) is 3.70. The van der Waals surface area contributed by atoms with Gasteiger partial charge in [-0.1, -0.05) is 6.58 Å². The van der Waals surface area contributed by atoms with Crippen molar-refractivity contribution < 1.29 is 13.2 Å². The Labute approximate surface area is 109 Å². The molecule has 0 atom stereocenters. The van der Waals surface area contributed by atoms with E-state index in [2.05, 4.69) is 28.0 Å². The number of carbonyl (C=O) groups is 1. The molecule has 0 aliphatic carbocycles. The predicted molar refractivity (Wildman–Crippen MR) is 69.3 cm³/mol. The van der Waals surface area contributed by atoms with Crippen LogP contribution in [0.2, 0.25) is 0 Å². The fourth-order valence-corrected chi connectivity index (χ4v) is 1.86. The van der Waals surface area contributed by atoms with Crippen molar-refractivity contribution in [3.05, 3.63) is 36.5 Å².